The molecule has 102 valence electrons. The van der Waals surface area contributed by atoms with E-state index in [0.717, 1.165) is 0 Å². The predicted octanol–water partition coefficient (Wildman–Crippen LogP) is 4.75. The van der Waals surface area contributed by atoms with E-state index in [4.69, 9.17) is 0 Å². The standard InChI is InChI=1S/C19H16N2/c1-19(2)14-8-5-7-13-12-6-3-4-9-16(12)21(17(13)14)18-15(19)10-11-20-18/h3-11,20H,1-2H3. The molecular formula is C19H16N2. The Morgan fingerprint density at radius 1 is 0.857 bits per heavy atom. The van der Waals surface area contributed by atoms with Crippen molar-refractivity contribution in [2.45, 2.75) is 19.3 Å². The number of para-hydroxylation sites is 2. The van der Waals surface area contributed by atoms with E-state index in [-0.39, 0.29) is 5.41 Å². The summed E-state index contributed by atoms with van der Waals surface area (Å²) in [7, 11) is 0. The molecule has 1 aliphatic rings. The van der Waals surface area contributed by atoms with Gasteiger partial charge in [0.1, 0.15) is 5.82 Å². The number of nitrogens with one attached hydrogen (secondary N) is 1. The molecule has 0 bridgehead atoms. The number of nitrogens with zero attached hydrogens (tertiary/aromatic N) is 1. The van der Waals surface area contributed by atoms with Gasteiger partial charge in [0.05, 0.1) is 11.0 Å². The number of aromatic amines is 1. The minimum atomic E-state index is 0.0270. The first kappa shape index (κ1) is 11.2. The van der Waals surface area contributed by atoms with Crippen molar-refractivity contribution in [3.05, 3.63) is 65.9 Å². The van der Waals surface area contributed by atoms with Crippen LogP contribution in [0.2, 0.25) is 0 Å². The molecule has 0 aliphatic carbocycles. The second kappa shape index (κ2) is 3.40. The molecule has 1 aliphatic heterocycles. The highest BCUT2D eigenvalue weighted by molar-refractivity contribution is 6.11. The molecule has 2 heteroatoms. The number of aromatic nitrogens is 2. The fourth-order valence-electron chi connectivity index (χ4n) is 3.95. The van der Waals surface area contributed by atoms with Gasteiger partial charge in [-0.2, -0.15) is 0 Å². The molecule has 2 aromatic heterocycles. The van der Waals surface area contributed by atoms with Crippen molar-refractivity contribution in [2.24, 2.45) is 0 Å². The molecule has 0 saturated carbocycles. The summed E-state index contributed by atoms with van der Waals surface area (Å²) in [6.07, 6.45) is 2.05. The average Bonchev–Trinajstić information content (AvgIpc) is 3.08. The lowest BCUT2D eigenvalue weighted by Crippen LogP contribution is -2.25. The second-order valence-electron chi connectivity index (χ2n) is 6.42. The van der Waals surface area contributed by atoms with Gasteiger partial charge in [-0.25, -0.2) is 0 Å². The highest BCUT2D eigenvalue weighted by atomic mass is 15.1. The van der Waals surface area contributed by atoms with E-state index in [1.807, 2.05) is 0 Å². The monoisotopic (exact) mass is 272 g/mol. The zero-order chi connectivity index (χ0) is 14.2. The molecule has 4 aromatic rings. The predicted molar refractivity (Wildman–Crippen MR) is 87.3 cm³/mol. The molecule has 0 atom stereocenters. The lowest BCUT2D eigenvalue weighted by Gasteiger charge is -2.32. The van der Waals surface area contributed by atoms with Crippen LogP contribution in [0.5, 0.6) is 0 Å². The Balaban J connectivity index is 2.16. The van der Waals surface area contributed by atoms with Crippen LogP contribution in [-0.2, 0) is 5.41 Å². The van der Waals surface area contributed by atoms with Crippen molar-refractivity contribution in [3.8, 4) is 5.82 Å². The molecule has 0 spiro atoms. The molecule has 5 rings (SSSR count). The van der Waals surface area contributed by atoms with Gasteiger partial charge in [-0.15, -0.1) is 0 Å². The van der Waals surface area contributed by atoms with Crippen molar-refractivity contribution in [1.82, 2.24) is 9.55 Å². The van der Waals surface area contributed by atoms with E-state index in [2.05, 4.69) is 78.1 Å². The minimum absolute atomic E-state index is 0.0270. The van der Waals surface area contributed by atoms with Gasteiger partial charge in [0, 0.05) is 27.9 Å². The Morgan fingerprint density at radius 3 is 2.57 bits per heavy atom. The van der Waals surface area contributed by atoms with Gasteiger partial charge in [-0.05, 0) is 17.7 Å². The fraction of sp³-hybridized carbons (Fsp3) is 0.158. The van der Waals surface area contributed by atoms with Crippen LogP contribution in [0.4, 0.5) is 0 Å². The Morgan fingerprint density at radius 2 is 1.67 bits per heavy atom. The number of H-pyrrole nitrogens is 1. The lowest BCUT2D eigenvalue weighted by atomic mass is 9.76. The summed E-state index contributed by atoms with van der Waals surface area (Å²) in [4.78, 5) is 3.46. The third-order valence-corrected chi connectivity index (χ3v) is 4.99. The maximum Gasteiger partial charge on any atom is 0.119 e. The third-order valence-electron chi connectivity index (χ3n) is 4.99. The van der Waals surface area contributed by atoms with E-state index in [1.165, 1.54) is 38.8 Å². The SMILES string of the molecule is CC1(C)c2cc[nH]c2-n2c3ccccc3c3cccc1c32. The van der Waals surface area contributed by atoms with Crippen LogP contribution in [0, 0.1) is 0 Å². The Hall–Kier alpha value is -2.48. The number of fused-ring (bicyclic) bond motifs is 5. The molecule has 3 heterocycles. The summed E-state index contributed by atoms with van der Waals surface area (Å²) < 4.78 is 2.39. The number of hydrogen-bond acceptors (Lipinski definition) is 0. The third kappa shape index (κ3) is 1.15. The first-order chi connectivity index (χ1) is 10.2. The highest BCUT2D eigenvalue weighted by Gasteiger charge is 2.35. The van der Waals surface area contributed by atoms with Gasteiger partial charge < -0.3 is 4.98 Å². The molecule has 0 radical (unpaired) electrons. The smallest absolute Gasteiger partial charge is 0.119 e. The van der Waals surface area contributed by atoms with Crippen LogP contribution in [0.25, 0.3) is 27.6 Å². The lowest BCUT2D eigenvalue weighted by molar-refractivity contribution is 0.630. The van der Waals surface area contributed by atoms with Gasteiger partial charge in [0.25, 0.3) is 0 Å². The van der Waals surface area contributed by atoms with Crippen LogP contribution >= 0.6 is 0 Å². The number of benzene rings is 2. The molecule has 0 amide bonds. The second-order valence-corrected chi connectivity index (χ2v) is 6.42. The van der Waals surface area contributed by atoms with Crippen LogP contribution in [-0.4, -0.2) is 9.55 Å². The molecule has 1 N–H and O–H groups in total. The van der Waals surface area contributed by atoms with Gasteiger partial charge in [-0.1, -0.05) is 50.2 Å². The molecule has 0 saturated heterocycles. The summed E-state index contributed by atoms with van der Waals surface area (Å²) in [6, 6.07) is 17.6. The van der Waals surface area contributed by atoms with Gasteiger partial charge in [0.15, 0.2) is 0 Å². The first-order valence-electron chi connectivity index (χ1n) is 7.40. The summed E-state index contributed by atoms with van der Waals surface area (Å²) in [5.41, 5.74) is 5.42. The van der Waals surface area contributed by atoms with Gasteiger partial charge in [0.2, 0.25) is 0 Å². The average molecular weight is 272 g/mol. The largest absolute Gasteiger partial charge is 0.348 e. The van der Waals surface area contributed by atoms with Crippen LogP contribution in [0.1, 0.15) is 25.0 Å². The van der Waals surface area contributed by atoms with Gasteiger partial charge >= 0.3 is 0 Å². The molecule has 2 aromatic carbocycles. The maximum absolute atomic E-state index is 3.46. The Kier molecular flexibility index (Phi) is 1.81. The van der Waals surface area contributed by atoms with E-state index >= 15 is 0 Å². The fourth-order valence-corrected chi connectivity index (χ4v) is 3.95. The summed E-state index contributed by atoms with van der Waals surface area (Å²) in [5, 5.41) is 2.67. The summed E-state index contributed by atoms with van der Waals surface area (Å²) in [5.74, 6) is 1.21. The first-order valence-corrected chi connectivity index (χ1v) is 7.40. The van der Waals surface area contributed by atoms with E-state index in [1.54, 1.807) is 0 Å². The zero-order valence-electron chi connectivity index (χ0n) is 12.1. The summed E-state index contributed by atoms with van der Waals surface area (Å²) in [6.45, 7) is 4.63. The molecule has 0 fully saturated rings. The van der Waals surface area contributed by atoms with Crippen molar-refractivity contribution in [1.29, 1.82) is 0 Å². The van der Waals surface area contributed by atoms with Crippen molar-refractivity contribution in [3.63, 3.8) is 0 Å². The maximum atomic E-state index is 3.46. The molecule has 2 nitrogen and oxygen atoms in total. The minimum Gasteiger partial charge on any atom is -0.348 e. The number of hydrogen-bond donors (Lipinski definition) is 1. The quantitative estimate of drug-likeness (QED) is 0.477. The molecule has 21 heavy (non-hydrogen) atoms. The number of rotatable bonds is 0. The van der Waals surface area contributed by atoms with E-state index in [9.17, 15) is 0 Å². The van der Waals surface area contributed by atoms with Crippen LogP contribution < -0.4 is 0 Å². The van der Waals surface area contributed by atoms with E-state index in [0.29, 0.717) is 0 Å². The normalized spacial score (nSPS) is 15.5. The zero-order valence-corrected chi connectivity index (χ0v) is 12.1. The van der Waals surface area contributed by atoms with Crippen molar-refractivity contribution in [2.75, 3.05) is 0 Å². The molecular weight excluding hydrogens is 256 g/mol. The topological polar surface area (TPSA) is 20.7 Å². The Bertz CT molecular complexity index is 1010. The van der Waals surface area contributed by atoms with Gasteiger partial charge in [-0.3, -0.25) is 4.57 Å². The van der Waals surface area contributed by atoms with Crippen LogP contribution in [0.15, 0.2) is 54.7 Å². The van der Waals surface area contributed by atoms with E-state index < -0.39 is 0 Å². The molecule has 0 unspecified atom stereocenters. The van der Waals surface area contributed by atoms with Crippen molar-refractivity contribution >= 4 is 21.8 Å². The van der Waals surface area contributed by atoms with Crippen LogP contribution in [0.3, 0.4) is 0 Å². The highest BCUT2D eigenvalue weighted by Crippen LogP contribution is 2.46. The summed E-state index contributed by atoms with van der Waals surface area (Å²) >= 11 is 0. The van der Waals surface area contributed by atoms with Crippen molar-refractivity contribution < 1.29 is 0 Å². The Labute approximate surface area is 123 Å².